The minimum absolute atomic E-state index is 0.179. The van der Waals surface area contributed by atoms with E-state index in [0.29, 0.717) is 11.6 Å². The third kappa shape index (κ3) is 2.59. The highest BCUT2D eigenvalue weighted by Crippen LogP contribution is 2.31. The molecule has 0 aliphatic carbocycles. The highest BCUT2D eigenvalue weighted by molar-refractivity contribution is 5.88. The van der Waals surface area contributed by atoms with Crippen LogP contribution in [0.25, 0.3) is 11.5 Å². The number of aromatic nitrogens is 1. The van der Waals surface area contributed by atoms with Crippen molar-refractivity contribution in [3.8, 4) is 11.5 Å². The number of hydrogen-bond donors (Lipinski definition) is 0. The van der Waals surface area contributed by atoms with Crippen molar-refractivity contribution in [2.75, 3.05) is 7.11 Å². The van der Waals surface area contributed by atoms with E-state index in [0.717, 1.165) is 11.1 Å². The van der Waals surface area contributed by atoms with Crippen molar-refractivity contribution in [1.29, 1.82) is 0 Å². The second kappa shape index (κ2) is 5.12. The second-order valence-corrected chi connectivity index (χ2v) is 5.75. The Balaban J connectivity index is 2.61. The zero-order valence-corrected chi connectivity index (χ0v) is 12.5. The topological polar surface area (TPSA) is 52.3 Å². The zero-order valence-electron chi connectivity index (χ0n) is 12.5. The molecule has 1 aromatic heterocycles. The third-order valence-electron chi connectivity index (χ3n) is 3.08. The Morgan fingerprint density at radius 2 is 1.90 bits per heavy atom. The molecule has 0 aliphatic heterocycles. The lowest BCUT2D eigenvalue weighted by Gasteiger charge is -2.15. The van der Waals surface area contributed by atoms with Gasteiger partial charge in [-0.05, 0) is 18.6 Å². The first-order valence-corrected chi connectivity index (χ1v) is 6.50. The molecule has 0 bridgehead atoms. The molecular weight excluding hydrogens is 254 g/mol. The van der Waals surface area contributed by atoms with Crippen LogP contribution < -0.4 is 0 Å². The van der Waals surface area contributed by atoms with Gasteiger partial charge in [-0.2, -0.15) is 0 Å². The predicted molar refractivity (Wildman–Crippen MR) is 76.7 cm³/mol. The number of rotatable bonds is 2. The summed E-state index contributed by atoms with van der Waals surface area (Å²) in [7, 11) is 1.34. The minimum atomic E-state index is -0.498. The van der Waals surface area contributed by atoms with E-state index in [1.165, 1.54) is 7.11 Å². The van der Waals surface area contributed by atoms with E-state index in [-0.39, 0.29) is 11.2 Å². The van der Waals surface area contributed by atoms with Crippen molar-refractivity contribution in [3.05, 3.63) is 41.3 Å². The summed E-state index contributed by atoms with van der Waals surface area (Å²) in [5.41, 5.74) is 2.25. The van der Waals surface area contributed by atoms with Gasteiger partial charge in [0.25, 0.3) is 0 Å². The largest absolute Gasteiger partial charge is 0.463 e. The molecule has 0 radical (unpaired) electrons. The number of benzene rings is 1. The summed E-state index contributed by atoms with van der Waals surface area (Å²) >= 11 is 0. The molecule has 0 amide bonds. The van der Waals surface area contributed by atoms with Gasteiger partial charge in [-0.3, -0.25) is 0 Å². The maximum atomic E-state index is 11.9. The van der Waals surface area contributed by atoms with Gasteiger partial charge in [0.2, 0.25) is 11.7 Å². The molecule has 0 aliphatic rings. The number of nitrogens with zero attached hydrogens (tertiary/aromatic N) is 1. The molecule has 2 rings (SSSR count). The predicted octanol–water partition coefficient (Wildman–Crippen LogP) is 3.73. The number of hydrogen-bond acceptors (Lipinski definition) is 4. The monoisotopic (exact) mass is 273 g/mol. The molecular formula is C16H19NO3. The molecule has 0 unspecified atom stereocenters. The van der Waals surface area contributed by atoms with Crippen LogP contribution in [0, 0.1) is 6.92 Å². The summed E-state index contributed by atoms with van der Waals surface area (Å²) in [6.45, 7) is 7.94. The number of carbonyl (C=O) groups is 1. The lowest BCUT2D eigenvalue weighted by molar-refractivity contribution is 0.0562. The van der Waals surface area contributed by atoms with Crippen LogP contribution >= 0.6 is 0 Å². The molecule has 4 nitrogen and oxygen atoms in total. The first kappa shape index (κ1) is 14.3. The fraction of sp³-hybridized carbons (Fsp3) is 0.375. The van der Waals surface area contributed by atoms with Crippen LogP contribution in [0.4, 0.5) is 0 Å². The highest BCUT2D eigenvalue weighted by atomic mass is 16.5. The second-order valence-electron chi connectivity index (χ2n) is 5.75. The van der Waals surface area contributed by atoms with Gasteiger partial charge in [0.15, 0.2) is 0 Å². The van der Waals surface area contributed by atoms with Crippen LogP contribution in [0.3, 0.4) is 0 Å². The summed E-state index contributed by atoms with van der Waals surface area (Å²) < 4.78 is 10.5. The molecule has 0 N–H and O–H groups in total. The van der Waals surface area contributed by atoms with Crippen molar-refractivity contribution in [3.63, 3.8) is 0 Å². The van der Waals surface area contributed by atoms with Gasteiger partial charge < -0.3 is 9.15 Å². The fourth-order valence-electron chi connectivity index (χ4n) is 1.99. The van der Waals surface area contributed by atoms with E-state index in [1.807, 2.05) is 52.0 Å². The van der Waals surface area contributed by atoms with Crippen LogP contribution in [0.2, 0.25) is 0 Å². The minimum Gasteiger partial charge on any atom is -0.463 e. The fourth-order valence-corrected chi connectivity index (χ4v) is 1.99. The first-order chi connectivity index (χ1) is 9.34. The number of methoxy groups -OCH3 is 1. The summed E-state index contributed by atoms with van der Waals surface area (Å²) in [5, 5.41) is 0. The Labute approximate surface area is 118 Å². The van der Waals surface area contributed by atoms with E-state index in [9.17, 15) is 4.79 Å². The molecule has 2 aromatic rings. The van der Waals surface area contributed by atoms with Crippen LogP contribution in [0.1, 0.15) is 42.6 Å². The summed E-state index contributed by atoms with van der Waals surface area (Å²) in [6, 6.07) is 7.78. The number of ether oxygens (including phenoxy) is 1. The average Bonchev–Trinajstić information content (AvgIpc) is 2.83. The Bertz CT molecular complexity index is 635. The Morgan fingerprint density at radius 1 is 1.25 bits per heavy atom. The van der Waals surface area contributed by atoms with Crippen molar-refractivity contribution < 1.29 is 13.9 Å². The molecule has 1 aromatic carbocycles. The van der Waals surface area contributed by atoms with Crippen LogP contribution in [0.5, 0.6) is 0 Å². The zero-order chi connectivity index (χ0) is 14.9. The van der Waals surface area contributed by atoms with Crippen molar-refractivity contribution >= 4 is 5.97 Å². The van der Waals surface area contributed by atoms with Crippen molar-refractivity contribution in [2.45, 2.75) is 33.1 Å². The summed E-state index contributed by atoms with van der Waals surface area (Å²) in [5.74, 6) is 0.133. The summed E-state index contributed by atoms with van der Waals surface area (Å²) in [6.07, 6.45) is 0. The van der Waals surface area contributed by atoms with Crippen LogP contribution in [0.15, 0.2) is 28.7 Å². The van der Waals surface area contributed by atoms with Crippen LogP contribution in [-0.2, 0) is 10.2 Å². The molecule has 0 saturated carbocycles. The van der Waals surface area contributed by atoms with E-state index < -0.39 is 5.97 Å². The molecule has 0 atom stereocenters. The molecule has 4 heteroatoms. The molecule has 20 heavy (non-hydrogen) atoms. The van der Waals surface area contributed by atoms with Crippen molar-refractivity contribution in [2.24, 2.45) is 0 Å². The lowest BCUT2D eigenvalue weighted by Crippen LogP contribution is -2.17. The maximum Gasteiger partial charge on any atom is 0.376 e. The van der Waals surface area contributed by atoms with Gasteiger partial charge in [-0.1, -0.05) is 39.0 Å². The maximum absolute atomic E-state index is 11.9. The lowest BCUT2D eigenvalue weighted by atomic mass is 9.91. The van der Waals surface area contributed by atoms with Crippen molar-refractivity contribution in [1.82, 2.24) is 4.98 Å². The summed E-state index contributed by atoms with van der Waals surface area (Å²) in [4.78, 5) is 16.4. The molecule has 106 valence electrons. The average molecular weight is 273 g/mol. The third-order valence-corrected chi connectivity index (χ3v) is 3.08. The van der Waals surface area contributed by atoms with E-state index in [2.05, 4.69) is 4.98 Å². The normalized spacial score (nSPS) is 11.4. The van der Waals surface area contributed by atoms with Gasteiger partial charge in [0.1, 0.15) is 5.69 Å². The first-order valence-electron chi connectivity index (χ1n) is 6.50. The quantitative estimate of drug-likeness (QED) is 0.782. The SMILES string of the molecule is COC(=O)c1oc(-c2ccccc2C)nc1C(C)(C)C. The molecule has 0 fully saturated rings. The number of esters is 1. The van der Waals surface area contributed by atoms with Gasteiger partial charge in [0, 0.05) is 11.0 Å². The standard InChI is InChI=1S/C16H19NO3/c1-10-8-6-7-9-11(10)14-17-13(16(2,3)4)12(20-14)15(18)19-5/h6-9H,1-5H3. The van der Waals surface area contributed by atoms with E-state index >= 15 is 0 Å². The number of aryl methyl sites for hydroxylation is 1. The Morgan fingerprint density at radius 3 is 2.45 bits per heavy atom. The number of carbonyl (C=O) groups excluding carboxylic acids is 1. The van der Waals surface area contributed by atoms with Crippen LogP contribution in [-0.4, -0.2) is 18.1 Å². The highest BCUT2D eigenvalue weighted by Gasteiger charge is 2.30. The number of oxazole rings is 1. The Hall–Kier alpha value is -2.10. The molecule has 0 saturated heterocycles. The molecule has 0 spiro atoms. The Kier molecular flexibility index (Phi) is 3.66. The molecule has 1 heterocycles. The van der Waals surface area contributed by atoms with Gasteiger partial charge in [0.05, 0.1) is 7.11 Å². The van der Waals surface area contributed by atoms with Gasteiger partial charge in [-0.25, -0.2) is 9.78 Å². The van der Waals surface area contributed by atoms with E-state index in [4.69, 9.17) is 9.15 Å². The smallest absolute Gasteiger partial charge is 0.376 e. The van der Waals surface area contributed by atoms with E-state index in [1.54, 1.807) is 0 Å². The van der Waals surface area contributed by atoms with Gasteiger partial charge in [-0.15, -0.1) is 0 Å². The van der Waals surface area contributed by atoms with Gasteiger partial charge >= 0.3 is 5.97 Å².